The molecule has 0 radical (unpaired) electrons. The van der Waals surface area contributed by atoms with Gasteiger partial charge in [0.1, 0.15) is 6.10 Å². The van der Waals surface area contributed by atoms with E-state index in [1.54, 1.807) is 0 Å². The minimum atomic E-state index is 0.319. The molecule has 1 aliphatic carbocycles. The van der Waals surface area contributed by atoms with Crippen molar-refractivity contribution in [1.29, 1.82) is 0 Å². The molecule has 0 unspecified atom stereocenters. The topological polar surface area (TPSA) is 51.1 Å². The predicted molar refractivity (Wildman–Crippen MR) is 117 cm³/mol. The van der Waals surface area contributed by atoms with Gasteiger partial charge in [-0.1, -0.05) is 42.8 Å². The number of nitrogens with zero attached hydrogens (tertiary/aromatic N) is 4. The molecule has 1 saturated carbocycles. The van der Waals surface area contributed by atoms with Crippen molar-refractivity contribution in [1.82, 2.24) is 19.9 Å². The van der Waals surface area contributed by atoms with E-state index in [9.17, 15) is 0 Å². The monoisotopic (exact) mass is 400 g/mol. The van der Waals surface area contributed by atoms with E-state index in [4.69, 9.17) is 9.72 Å². The first-order valence-corrected chi connectivity index (χ1v) is 11.1. The zero-order valence-corrected chi connectivity index (χ0v) is 17.3. The molecule has 2 aliphatic rings. The molecule has 0 amide bonds. The molecular weight excluding hydrogens is 372 g/mol. The van der Waals surface area contributed by atoms with Crippen LogP contribution >= 0.6 is 0 Å². The van der Waals surface area contributed by atoms with E-state index in [0.717, 1.165) is 56.2 Å². The molecule has 0 N–H and O–H groups in total. The van der Waals surface area contributed by atoms with Crippen molar-refractivity contribution < 1.29 is 4.74 Å². The quantitative estimate of drug-likeness (QED) is 0.615. The van der Waals surface area contributed by atoms with Crippen LogP contribution in [0, 0.1) is 0 Å². The second kappa shape index (κ2) is 8.92. The smallest absolute Gasteiger partial charge is 0.218 e. The highest BCUT2D eigenvalue weighted by molar-refractivity contribution is 5.54. The summed E-state index contributed by atoms with van der Waals surface area (Å²) in [5.41, 5.74) is 4.64. The lowest BCUT2D eigenvalue weighted by molar-refractivity contribution is 0.143. The minimum absolute atomic E-state index is 0.319. The van der Waals surface area contributed by atoms with Gasteiger partial charge < -0.3 is 4.74 Å². The second-order valence-electron chi connectivity index (χ2n) is 8.34. The summed E-state index contributed by atoms with van der Waals surface area (Å²) in [6, 6.07) is 14.4. The molecule has 3 heterocycles. The Balaban J connectivity index is 1.28. The van der Waals surface area contributed by atoms with Crippen molar-refractivity contribution in [3.05, 3.63) is 71.7 Å². The molecule has 0 saturated heterocycles. The zero-order chi connectivity index (χ0) is 20.2. The van der Waals surface area contributed by atoms with Crippen LogP contribution in [0.15, 0.2) is 54.9 Å². The lowest BCUT2D eigenvalue weighted by Gasteiger charge is -2.29. The lowest BCUT2D eigenvalue weighted by atomic mass is 9.98. The maximum absolute atomic E-state index is 6.30. The van der Waals surface area contributed by atoms with Gasteiger partial charge in [-0.15, -0.1) is 0 Å². The van der Waals surface area contributed by atoms with E-state index < -0.39 is 0 Å². The third-order valence-corrected chi connectivity index (χ3v) is 6.12. The number of hydrogen-bond donors (Lipinski definition) is 0. The largest absolute Gasteiger partial charge is 0.474 e. The summed E-state index contributed by atoms with van der Waals surface area (Å²) in [7, 11) is 0. The van der Waals surface area contributed by atoms with Crippen LogP contribution in [-0.4, -0.2) is 32.5 Å². The Morgan fingerprint density at radius 2 is 1.83 bits per heavy atom. The molecule has 1 aromatic carbocycles. The van der Waals surface area contributed by atoms with Crippen molar-refractivity contribution in [3.63, 3.8) is 0 Å². The average Bonchev–Trinajstić information content (AvgIpc) is 2.81. The van der Waals surface area contributed by atoms with Crippen LogP contribution in [0.4, 0.5) is 0 Å². The molecule has 30 heavy (non-hydrogen) atoms. The highest BCUT2D eigenvalue weighted by atomic mass is 16.5. The fraction of sp³-hybridized carbons (Fsp3) is 0.400. The normalized spacial score (nSPS) is 17.5. The van der Waals surface area contributed by atoms with Gasteiger partial charge in [-0.05, 0) is 31.7 Å². The van der Waals surface area contributed by atoms with E-state index >= 15 is 0 Å². The fourth-order valence-electron chi connectivity index (χ4n) is 4.47. The van der Waals surface area contributed by atoms with Crippen molar-refractivity contribution >= 4 is 0 Å². The summed E-state index contributed by atoms with van der Waals surface area (Å²) < 4.78 is 6.30. The fourth-order valence-corrected chi connectivity index (χ4v) is 4.47. The Labute approximate surface area is 178 Å². The highest BCUT2D eigenvalue weighted by Gasteiger charge is 2.22. The molecule has 0 atom stereocenters. The van der Waals surface area contributed by atoms with Crippen LogP contribution in [0.3, 0.4) is 0 Å². The summed E-state index contributed by atoms with van der Waals surface area (Å²) in [6.45, 7) is 2.69. The van der Waals surface area contributed by atoms with E-state index in [1.165, 1.54) is 36.1 Å². The van der Waals surface area contributed by atoms with Gasteiger partial charge in [0.25, 0.3) is 0 Å². The minimum Gasteiger partial charge on any atom is -0.474 e. The summed E-state index contributed by atoms with van der Waals surface area (Å²) in [6.07, 6.45) is 11.3. The van der Waals surface area contributed by atoms with E-state index in [-0.39, 0.29) is 0 Å². The van der Waals surface area contributed by atoms with Crippen LogP contribution in [0.2, 0.25) is 0 Å². The van der Waals surface area contributed by atoms with Crippen molar-refractivity contribution in [2.24, 2.45) is 0 Å². The van der Waals surface area contributed by atoms with E-state index in [1.807, 2.05) is 36.7 Å². The average molecular weight is 401 g/mol. The number of ether oxygens (including phenoxy) is 1. The van der Waals surface area contributed by atoms with Crippen LogP contribution in [0.25, 0.3) is 11.4 Å². The van der Waals surface area contributed by atoms with Gasteiger partial charge in [0, 0.05) is 55.1 Å². The van der Waals surface area contributed by atoms with Crippen LogP contribution in [0.1, 0.15) is 48.9 Å². The van der Waals surface area contributed by atoms with Gasteiger partial charge in [-0.3, -0.25) is 4.90 Å². The van der Waals surface area contributed by atoms with Gasteiger partial charge in [0.15, 0.2) is 5.82 Å². The van der Waals surface area contributed by atoms with Crippen molar-refractivity contribution in [2.75, 3.05) is 6.54 Å². The molecule has 5 rings (SSSR count). The van der Waals surface area contributed by atoms with Crippen LogP contribution < -0.4 is 4.74 Å². The molecule has 1 aliphatic heterocycles. The van der Waals surface area contributed by atoms with Gasteiger partial charge in [0.05, 0.1) is 5.69 Å². The number of fused-ring (bicyclic) bond motifs is 1. The predicted octanol–water partition coefficient (Wildman–Crippen LogP) is 4.81. The van der Waals surface area contributed by atoms with E-state index in [2.05, 4.69) is 33.1 Å². The van der Waals surface area contributed by atoms with Crippen molar-refractivity contribution in [2.45, 2.75) is 57.7 Å². The molecular formula is C25H28N4O. The summed E-state index contributed by atoms with van der Waals surface area (Å²) >= 11 is 0. The number of benzene rings is 1. The first-order valence-electron chi connectivity index (χ1n) is 11.1. The van der Waals surface area contributed by atoms with E-state index in [0.29, 0.717) is 6.10 Å². The highest BCUT2D eigenvalue weighted by Crippen LogP contribution is 2.27. The van der Waals surface area contributed by atoms with Gasteiger partial charge >= 0.3 is 0 Å². The van der Waals surface area contributed by atoms with Gasteiger partial charge in [-0.25, -0.2) is 15.0 Å². The van der Waals surface area contributed by atoms with Crippen molar-refractivity contribution in [3.8, 4) is 17.3 Å². The first-order chi connectivity index (χ1) is 14.8. The molecule has 2 aromatic heterocycles. The van der Waals surface area contributed by atoms with Crippen LogP contribution in [-0.2, 0) is 19.5 Å². The Bertz CT molecular complexity index is 985. The molecule has 1 fully saturated rings. The maximum Gasteiger partial charge on any atom is 0.218 e. The standard InChI is InChI=1S/C25H28N4O/c1-3-8-19(9-4-1)24-27-16-21-18-29(15-13-23(21)28-24)17-20-10-7-14-26-25(20)30-22-11-5-2-6-12-22/h1,3-4,7-10,14,16,22H,2,5-6,11-13,15,17-18H2. The third kappa shape index (κ3) is 4.36. The molecule has 0 spiro atoms. The molecule has 154 valence electrons. The summed E-state index contributed by atoms with van der Waals surface area (Å²) in [5, 5.41) is 0. The number of rotatable bonds is 5. The Morgan fingerprint density at radius 1 is 0.967 bits per heavy atom. The zero-order valence-electron chi connectivity index (χ0n) is 17.3. The SMILES string of the molecule is c1ccc(-c2ncc3c(n2)CCN(Cc2cccnc2OC2CCCCC2)C3)cc1. The van der Waals surface area contributed by atoms with Crippen LogP contribution in [0.5, 0.6) is 5.88 Å². The lowest BCUT2D eigenvalue weighted by Crippen LogP contribution is -2.31. The first kappa shape index (κ1) is 19.2. The Hall–Kier alpha value is -2.79. The number of hydrogen-bond acceptors (Lipinski definition) is 5. The number of aromatic nitrogens is 3. The van der Waals surface area contributed by atoms with Gasteiger partial charge in [0.2, 0.25) is 5.88 Å². The Morgan fingerprint density at radius 3 is 2.70 bits per heavy atom. The number of pyridine rings is 1. The molecule has 5 heteroatoms. The molecule has 3 aromatic rings. The molecule has 0 bridgehead atoms. The summed E-state index contributed by atoms with van der Waals surface area (Å²) in [5.74, 6) is 1.63. The Kier molecular flexibility index (Phi) is 5.71. The second-order valence-corrected chi connectivity index (χ2v) is 8.34. The summed E-state index contributed by atoms with van der Waals surface area (Å²) in [4.78, 5) is 16.5. The van der Waals surface area contributed by atoms with Gasteiger partial charge in [-0.2, -0.15) is 0 Å². The third-order valence-electron chi connectivity index (χ3n) is 6.12. The molecule has 5 nitrogen and oxygen atoms in total. The maximum atomic E-state index is 6.30.